The Labute approximate surface area is 174 Å². The zero-order valence-corrected chi connectivity index (χ0v) is 18.3. The van der Waals surface area contributed by atoms with E-state index in [1.54, 1.807) is 11.8 Å². The molecule has 2 heterocycles. The third-order valence-corrected chi connectivity index (χ3v) is 9.74. The summed E-state index contributed by atoms with van der Waals surface area (Å²) in [6.45, 7) is 10.9. The van der Waals surface area contributed by atoms with Crippen LogP contribution in [0.5, 0.6) is 0 Å². The van der Waals surface area contributed by atoms with E-state index in [0.29, 0.717) is 16.7 Å². The average molecular weight is 395 g/mol. The number of rotatable bonds is 3. The Morgan fingerprint density at radius 1 is 1.18 bits per heavy atom. The van der Waals surface area contributed by atoms with Crippen LogP contribution in [0.3, 0.4) is 0 Å². The number of thioether (sulfide) groups is 1. The number of hydrogen-bond acceptors (Lipinski definition) is 3. The summed E-state index contributed by atoms with van der Waals surface area (Å²) >= 11 is 1.80. The van der Waals surface area contributed by atoms with Crippen molar-refractivity contribution in [2.45, 2.75) is 76.3 Å². The van der Waals surface area contributed by atoms with Gasteiger partial charge in [0.25, 0.3) is 0 Å². The van der Waals surface area contributed by atoms with E-state index in [4.69, 9.17) is 0 Å². The lowest BCUT2D eigenvalue weighted by molar-refractivity contribution is 0.0442. The molecule has 2 unspecified atom stereocenters. The molecule has 2 saturated carbocycles. The fraction of sp³-hybridized carbons (Fsp3) is 0.640. The van der Waals surface area contributed by atoms with Gasteiger partial charge < -0.3 is 5.32 Å². The van der Waals surface area contributed by atoms with Crippen molar-refractivity contribution in [2.75, 3.05) is 6.54 Å². The maximum absolute atomic E-state index is 4.54. The van der Waals surface area contributed by atoms with E-state index in [-0.39, 0.29) is 0 Å². The van der Waals surface area contributed by atoms with E-state index < -0.39 is 0 Å². The second kappa shape index (κ2) is 7.02. The summed E-state index contributed by atoms with van der Waals surface area (Å²) in [5.74, 6) is 1.41. The number of pyridine rings is 1. The molecule has 0 radical (unpaired) electrons. The van der Waals surface area contributed by atoms with Crippen LogP contribution < -0.4 is 5.32 Å². The zero-order valence-electron chi connectivity index (χ0n) is 17.5. The molecule has 1 aromatic heterocycles. The first-order valence-corrected chi connectivity index (χ1v) is 12.1. The molecule has 3 heteroatoms. The Kier molecular flexibility index (Phi) is 4.75. The molecule has 0 spiro atoms. The highest BCUT2D eigenvalue weighted by atomic mass is 32.2. The molecule has 3 fully saturated rings. The summed E-state index contributed by atoms with van der Waals surface area (Å²) in [6.07, 6.45) is 12.6. The van der Waals surface area contributed by atoms with Gasteiger partial charge in [0.15, 0.2) is 0 Å². The van der Waals surface area contributed by atoms with Crippen molar-refractivity contribution in [3.05, 3.63) is 47.0 Å². The number of fused-ring (bicyclic) bond motifs is 4. The largest absolute Gasteiger partial charge is 0.313 e. The molecule has 28 heavy (non-hydrogen) atoms. The van der Waals surface area contributed by atoms with Crippen molar-refractivity contribution in [2.24, 2.45) is 22.7 Å². The Bertz CT molecular complexity index is 800. The lowest BCUT2D eigenvalue weighted by Gasteiger charge is -2.56. The van der Waals surface area contributed by atoms with Crippen molar-refractivity contribution in [3.63, 3.8) is 0 Å². The van der Waals surface area contributed by atoms with Crippen molar-refractivity contribution < 1.29 is 0 Å². The molecule has 3 aliphatic carbocycles. The molecule has 1 saturated heterocycles. The van der Waals surface area contributed by atoms with Gasteiger partial charge in [0.1, 0.15) is 5.03 Å². The van der Waals surface area contributed by atoms with E-state index in [9.17, 15) is 0 Å². The second-order valence-electron chi connectivity index (χ2n) is 9.99. The summed E-state index contributed by atoms with van der Waals surface area (Å²) in [6, 6.07) is 6.92. The summed E-state index contributed by atoms with van der Waals surface area (Å²) in [4.78, 5) is 5.85. The van der Waals surface area contributed by atoms with Crippen LogP contribution in [0.25, 0.3) is 0 Å². The standard InChI is InChI=1S/C25H34N2S/c1-17(28-23-7-4-5-15-27-23)19-9-10-20-18-8-11-22-25(3,13-6-16-26-22)21(18)12-14-24(19,20)2/h4-5,7,15,19,21-22,26H,1,6,8-14,16H2,2-3H3/t19-,21?,22?,24-,25-/m1/s1. The first-order valence-electron chi connectivity index (χ1n) is 11.3. The third-order valence-electron chi connectivity index (χ3n) is 8.74. The van der Waals surface area contributed by atoms with E-state index in [1.807, 2.05) is 23.4 Å². The topological polar surface area (TPSA) is 24.9 Å². The summed E-state index contributed by atoms with van der Waals surface area (Å²) in [5.41, 5.74) is 4.52. The maximum atomic E-state index is 4.54. The molecule has 0 bridgehead atoms. The summed E-state index contributed by atoms with van der Waals surface area (Å²) in [5, 5.41) is 4.96. The smallest absolute Gasteiger partial charge is 0.100 e. The Balaban J connectivity index is 1.43. The van der Waals surface area contributed by atoms with Crippen LogP contribution in [0.2, 0.25) is 0 Å². The monoisotopic (exact) mass is 394 g/mol. The first kappa shape index (κ1) is 18.9. The molecule has 1 aliphatic heterocycles. The van der Waals surface area contributed by atoms with Crippen LogP contribution in [0, 0.1) is 22.7 Å². The molecule has 0 amide bonds. The van der Waals surface area contributed by atoms with Crippen molar-refractivity contribution >= 4 is 11.8 Å². The molecule has 5 atom stereocenters. The molecule has 4 aliphatic rings. The van der Waals surface area contributed by atoms with Gasteiger partial charge in [-0.2, -0.15) is 0 Å². The number of allylic oxidation sites excluding steroid dienone is 3. The van der Waals surface area contributed by atoms with Gasteiger partial charge in [-0.3, -0.25) is 0 Å². The molecular formula is C25H34N2S. The lowest BCUT2D eigenvalue weighted by atomic mass is 9.52. The van der Waals surface area contributed by atoms with Crippen LogP contribution in [-0.4, -0.2) is 17.6 Å². The highest BCUT2D eigenvalue weighted by molar-refractivity contribution is 8.03. The highest BCUT2D eigenvalue weighted by Crippen LogP contribution is 2.64. The van der Waals surface area contributed by atoms with Crippen LogP contribution in [0.4, 0.5) is 0 Å². The van der Waals surface area contributed by atoms with E-state index in [1.165, 1.54) is 62.8 Å². The molecular weight excluding hydrogens is 360 g/mol. The number of nitrogens with one attached hydrogen (secondary N) is 1. The van der Waals surface area contributed by atoms with E-state index in [0.717, 1.165) is 17.0 Å². The number of aromatic nitrogens is 1. The Morgan fingerprint density at radius 2 is 2.07 bits per heavy atom. The normalized spacial score (nSPS) is 39.9. The minimum atomic E-state index is 0.329. The first-order chi connectivity index (χ1) is 13.5. The number of nitrogens with zero attached hydrogens (tertiary/aromatic N) is 1. The van der Waals surface area contributed by atoms with Gasteiger partial charge in [-0.15, -0.1) is 0 Å². The quantitative estimate of drug-likeness (QED) is 0.477. The maximum Gasteiger partial charge on any atom is 0.100 e. The van der Waals surface area contributed by atoms with Crippen LogP contribution in [-0.2, 0) is 0 Å². The number of hydrogen-bond donors (Lipinski definition) is 1. The lowest BCUT2D eigenvalue weighted by Crippen LogP contribution is -2.56. The van der Waals surface area contributed by atoms with Gasteiger partial charge in [-0.05, 0) is 97.6 Å². The fourth-order valence-electron chi connectivity index (χ4n) is 7.27. The molecule has 150 valence electrons. The van der Waals surface area contributed by atoms with Gasteiger partial charge in [-0.25, -0.2) is 4.98 Å². The summed E-state index contributed by atoms with van der Waals surface area (Å²) in [7, 11) is 0. The predicted octanol–water partition coefficient (Wildman–Crippen LogP) is 6.36. The molecule has 0 aromatic carbocycles. The van der Waals surface area contributed by atoms with E-state index >= 15 is 0 Å². The van der Waals surface area contributed by atoms with Gasteiger partial charge >= 0.3 is 0 Å². The third kappa shape index (κ3) is 2.84. The van der Waals surface area contributed by atoms with E-state index in [2.05, 4.69) is 42.9 Å². The van der Waals surface area contributed by atoms with Gasteiger partial charge in [0.2, 0.25) is 0 Å². The van der Waals surface area contributed by atoms with Crippen LogP contribution in [0.15, 0.2) is 52.1 Å². The molecule has 5 rings (SSSR count). The minimum absolute atomic E-state index is 0.329. The van der Waals surface area contributed by atoms with Gasteiger partial charge in [0, 0.05) is 12.2 Å². The molecule has 1 N–H and O–H groups in total. The predicted molar refractivity (Wildman–Crippen MR) is 118 cm³/mol. The minimum Gasteiger partial charge on any atom is -0.313 e. The molecule has 1 aromatic rings. The average Bonchev–Trinajstić information content (AvgIpc) is 3.05. The van der Waals surface area contributed by atoms with Crippen LogP contribution in [0.1, 0.15) is 65.2 Å². The fourth-order valence-corrected chi connectivity index (χ4v) is 8.32. The van der Waals surface area contributed by atoms with Gasteiger partial charge in [-0.1, -0.05) is 49.4 Å². The Morgan fingerprint density at radius 3 is 2.89 bits per heavy atom. The summed E-state index contributed by atoms with van der Waals surface area (Å²) < 4.78 is 0. The van der Waals surface area contributed by atoms with Gasteiger partial charge in [0.05, 0.1) is 0 Å². The number of piperidine rings is 1. The van der Waals surface area contributed by atoms with Crippen molar-refractivity contribution in [3.8, 4) is 0 Å². The zero-order chi connectivity index (χ0) is 19.4. The molecule has 2 nitrogen and oxygen atoms in total. The highest BCUT2D eigenvalue weighted by Gasteiger charge is 2.54. The van der Waals surface area contributed by atoms with Crippen molar-refractivity contribution in [1.82, 2.24) is 10.3 Å². The SMILES string of the molecule is C=C(Sc1ccccn1)[C@H]1CCC2=C3CCC4NCCC[C@]4(C)C3CC[C@@]21C. The Hall–Kier alpha value is -1.06. The van der Waals surface area contributed by atoms with Crippen LogP contribution >= 0.6 is 11.8 Å². The van der Waals surface area contributed by atoms with Crippen molar-refractivity contribution in [1.29, 1.82) is 0 Å². The second-order valence-corrected chi connectivity index (χ2v) is 11.1.